The highest BCUT2D eigenvalue weighted by atomic mass is 16.3. The molecule has 8 aromatic carbocycles. The molecule has 0 fully saturated rings. The van der Waals surface area contributed by atoms with E-state index in [-0.39, 0.29) is 33.8 Å². The molecule has 370 valence electrons. The topological polar surface area (TPSA) is 22.9 Å². The number of fused-ring (bicyclic) bond motifs is 9. The van der Waals surface area contributed by atoms with Crippen LogP contribution in [-0.2, 0) is 27.1 Å². The Bertz CT molecular complexity index is 3880. The van der Waals surface area contributed by atoms with Crippen LogP contribution in [0.5, 0.6) is 0 Å². The standard InChI is InChI=1S/C69H70BN3O/c1-42-32-60-64-61(33-42)73(57-39-53-51(34-43(57)2)66(6,7)30-31-67(53,8)9)59-40-54-52(68(10,11)41-69(54,12)13)38-56(59)70(64)55-28-25-48(71(45-20-16-14-17-21-45)46-22-18-15-19-23-46)37-58(55)72(60)47-26-29-62-50(36-47)49-27-24-44(65(3,4)5)35-63(49)74-62/h14-29,32-40H,30-31,41H2,1-13H3/i1D3. The fourth-order valence-corrected chi connectivity index (χ4v) is 14.0. The third-order valence-electron chi connectivity index (χ3n) is 17.8. The van der Waals surface area contributed by atoms with Crippen molar-refractivity contribution >= 4 is 96.2 Å². The molecule has 2 aliphatic heterocycles. The molecule has 0 radical (unpaired) electrons. The molecule has 1 aromatic heterocycles. The van der Waals surface area contributed by atoms with E-state index in [1.807, 2.05) is 12.1 Å². The Morgan fingerprint density at radius 3 is 1.76 bits per heavy atom. The van der Waals surface area contributed by atoms with Crippen molar-refractivity contribution in [1.29, 1.82) is 0 Å². The Kier molecular flexibility index (Phi) is 9.26. The maximum Gasteiger partial charge on any atom is 0.252 e. The van der Waals surface area contributed by atoms with Gasteiger partial charge in [-0.1, -0.05) is 143 Å². The highest BCUT2D eigenvalue weighted by Crippen LogP contribution is 2.55. The van der Waals surface area contributed by atoms with Crippen LogP contribution in [0.1, 0.15) is 138 Å². The van der Waals surface area contributed by atoms with Crippen molar-refractivity contribution in [2.24, 2.45) is 0 Å². The Morgan fingerprint density at radius 1 is 0.514 bits per heavy atom. The minimum absolute atomic E-state index is 0.0196. The minimum atomic E-state index is -2.42. The summed E-state index contributed by atoms with van der Waals surface area (Å²) in [5.41, 5.74) is 22.2. The predicted octanol–water partition coefficient (Wildman–Crippen LogP) is 17.4. The fraction of sp³-hybridized carbons (Fsp3) is 0.304. The van der Waals surface area contributed by atoms with E-state index in [9.17, 15) is 4.11 Å². The van der Waals surface area contributed by atoms with Crippen molar-refractivity contribution in [2.45, 2.75) is 136 Å². The molecule has 0 saturated carbocycles. The van der Waals surface area contributed by atoms with Gasteiger partial charge in [-0.3, -0.25) is 0 Å². The zero-order valence-corrected chi connectivity index (χ0v) is 45.4. The quantitative estimate of drug-likeness (QED) is 0.160. The second kappa shape index (κ2) is 15.8. The van der Waals surface area contributed by atoms with Crippen LogP contribution in [0, 0.1) is 13.8 Å². The number of hydrogen-bond acceptors (Lipinski definition) is 4. The lowest BCUT2D eigenvalue weighted by molar-refractivity contribution is 0.332. The van der Waals surface area contributed by atoms with Gasteiger partial charge in [0.15, 0.2) is 0 Å². The van der Waals surface area contributed by atoms with Gasteiger partial charge in [-0.05, 0) is 200 Å². The molecule has 0 atom stereocenters. The summed E-state index contributed by atoms with van der Waals surface area (Å²) in [7, 11) is 0. The normalized spacial score (nSPS) is 18.2. The molecule has 74 heavy (non-hydrogen) atoms. The van der Waals surface area contributed by atoms with Crippen molar-refractivity contribution in [1.82, 2.24) is 0 Å². The summed E-state index contributed by atoms with van der Waals surface area (Å²) >= 11 is 0. The van der Waals surface area contributed by atoms with Gasteiger partial charge in [-0.15, -0.1) is 0 Å². The maximum atomic E-state index is 9.32. The molecule has 3 heterocycles. The molecule has 9 aromatic rings. The van der Waals surface area contributed by atoms with Crippen molar-refractivity contribution in [3.05, 3.63) is 191 Å². The first-order chi connectivity index (χ1) is 36.3. The monoisotopic (exact) mass is 971 g/mol. The van der Waals surface area contributed by atoms with Crippen LogP contribution in [0.4, 0.5) is 51.2 Å². The molecule has 0 N–H and O–H groups in total. The lowest BCUT2D eigenvalue weighted by Crippen LogP contribution is -2.61. The van der Waals surface area contributed by atoms with Gasteiger partial charge in [-0.25, -0.2) is 0 Å². The predicted molar refractivity (Wildman–Crippen MR) is 317 cm³/mol. The van der Waals surface area contributed by atoms with Gasteiger partial charge in [0.05, 0.1) is 0 Å². The summed E-state index contributed by atoms with van der Waals surface area (Å²) < 4.78 is 34.6. The second-order valence-corrected chi connectivity index (χ2v) is 25.9. The lowest BCUT2D eigenvalue weighted by atomic mass is 9.33. The number of hydrogen-bond donors (Lipinski definition) is 0. The molecule has 13 rings (SSSR count). The second-order valence-electron chi connectivity index (χ2n) is 25.9. The number of para-hydroxylation sites is 2. The summed E-state index contributed by atoms with van der Waals surface area (Å²) in [6.07, 6.45) is 3.23. The molecule has 0 spiro atoms. The zero-order chi connectivity index (χ0) is 54.1. The summed E-state index contributed by atoms with van der Waals surface area (Å²) in [4.78, 5) is 7.18. The van der Waals surface area contributed by atoms with Gasteiger partial charge >= 0.3 is 0 Å². The van der Waals surface area contributed by atoms with E-state index >= 15 is 0 Å². The number of benzene rings is 8. The first-order valence-corrected chi connectivity index (χ1v) is 27.0. The molecule has 2 aliphatic carbocycles. The molecular weight excluding hydrogens is 898 g/mol. The van der Waals surface area contributed by atoms with Gasteiger partial charge in [-0.2, -0.15) is 0 Å². The number of rotatable bonds is 5. The van der Waals surface area contributed by atoms with Crippen LogP contribution in [0.2, 0.25) is 0 Å². The molecule has 0 unspecified atom stereocenters. The number of anilines is 9. The fourth-order valence-electron chi connectivity index (χ4n) is 14.0. The van der Waals surface area contributed by atoms with Gasteiger partial charge in [0.25, 0.3) is 6.71 Å². The molecule has 4 aliphatic rings. The van der Waals surface area contributed by atoms with Crippen LogP contribution >= 0.6 is 0 Å². The molecular formula is C69H70BN3O. The van der Waals surface area contributed by atoms with Crippen molar-refractivity contribution in [3.63, 3.8) is 0 Å². The molecule has 0 saturated heterocycles. The minimum Gasteiger partial charge on any atom is -0.456 e. The van der Waals surface area contributed by atoms with E-state index in [4.69, 9.17) is 4.42 Å². The Labute approximate surface area is 444 Å². The van der Waals surface area contributed by atoms with Crippen LogP contribution in [0.15, 0.2) is 156 Å². The van der Waals surface area contributed by atoms with Crippen molar-refractivity contribution in [3.8, 4) is 0 Å². The van der Waals surface area contributed by atoms with Crippen LogP contribution < -0.4 is 31.1 Å². The zero-order valence-electron chi connectivity index (χ0n) is 48.4. The van der Waals surface area contributed by atoms with E-state index < -0.39 is 6.85 Å². The average molecular weight is 971 g/mol. The number of aryl methyl sites for hydroxylation is 2. The Hall–Kier alpha value is -6.98. The first-order valence-electron chi connectivity index (χ1n) is 28.5. The van der Waals surface area contributed by atoms with Crippen LogP contribution in [-0.4, -0.2) is 6.71 Å². The van der Waals surface area contributed by atoms with Gasteiger partial charge < -0.3 is 19.1 Å². The molecule has 5 heteroatoms. The van der Waals surface area contributed by atoms with Gasteiger partial charge in [0, 0.05) is 66.1 Å². The molecule has 0 bridgehead atoms. The summed E-state index contributed by atoms with van der Waals surface area (Å²) in [5.74, 6) is 0. The van der Waals surface area contributed by atoms with E-state index in [0.29, 0.717) is 5.56 Å². The average Bonchev–Trinajstić information content (AvgIpc) is 4.06. The SMILES string of the molecule is [2H]C([2H])([2H])c1cc2c3c(c1)N(c1cc4c(cc1C)C(C)(C)CCC4(C)C)c1cc4c(cc1B3c1ccc(N(c3ccccc3)c3ccccc3)cc1N2c1ccc2oc3cc(C(C)(C)C)ccc3c2c1)C(C)(C)CC4(C)C. The molecule has 0 amide bonds. The highest BCUT2D eigenvalue weighted by Gasteiger charge is 2.49. The number of furan rings is 1. The van der Waals surface area contributed by atoms with Gasteiger partial charge in [0.1, 0.15) is 11.2 Å². The van der Waals surface area contributed by atoms with E-state index in [1.54, 1.807) is 0 Å². The lowest BCUT2D eigenvalue weighted by Gasteiger charge is -2.46. The van der Waals surface area contributed by atoms with E-state index in [2.05, 4.69) is 237 Å². The summed E-state index contributed by atoms with van der Waals surface area (Å²) in [6, 6.07) is 55.3. The largest absolute Gasteiger partial charge is 0.456 e. The third kappa shape index (κ3) is 7.01. The Morgan fingerprint density at radius 2 is 1.11 bits per heavy atom. The van der Waals surface area contributed by atoms with E-state index in [0.717, 1.165) is 103 Å². The summed E-state index contributed by atoms with van der Waals surface area (Å²) in [6.45, 7) is 25.5. The van der Waals surface area contributed by atoms with Crippen molar-refractivity contribution < 1.29 is 8.53 Å². The summed E-state index contributed by atoms with van der Waals surface area (Å²) in [5, 5.41) is 2.06. The molecule has 4 nitrogen and oxygen atoms in total. The third-order valence-corrected chi connectivity index (χ3v) is 17.8. The maximum absolute atomic E-state index is 9.32. The first kappa shape index (κ1) is 43.4. The number of nitrogens with zero attached hydrogens (tertiary/aromatic N) is 3. The van der Waals surface area contributed by atoms with Crippen molar-refractivity contribution in [2.75, 3.05) is 14.7 Å². The Balaban J connectivity index is 1.15. The van der Waals surface area contributed by atoms with Gasteiger partial charge in [0.2, 0.25) is 0 Å². The van der Waals surface area contributed by atoms with Crippen LogP contribution in [0.3, 0.4) is 0 Å². The van der Waals surface area contributed by atoms with E-state index in [1.165, 1.54) is 38.8 Å². The van der Waals surface area contributed by atoms with Crippen LogP contribution in [0.25, 0.3) is 21.9 Å². The highest BCUT2D eigenvalue weighted by molar-refractivity contribution is 7.00. The smallest absolute Gasteiger partial charge is 0.252 e.